The van der Waals surface area contributed by atoms with Gasteiger partial charge in [-0.1, -0.05) is 24.3 Å². The molecule has 0 unspecified atom stereocenters. The molecule has 0 saturated heterocycles. The lowest BCUT2D eigenvalue weighted by Gasteiger charge is -2.09. The average molecular weight is 357 g/mol. The van der Waals surface area contributed by atoms with Gasteiger partial charge in [-0.2, -0.15) is 0 Å². The van der Waals surface area contributed by atoms with Crippen molar-refractivity contribution in [2.75, 3.05) is 13.2 Å². The molecule has 2 aromatic carbocycles. The largest absolute Gasteiger partial charge is 0.477 e. The first-order valence-electron chi connectivity index (χ1n) is 8.01. The Balaban J connectivity index is 1.89. The summed E-state index contributed by atoms with van der Waals surface area (Å²) >= 11 is 0. The molecule has 0 radical (unpaired) electrons. The first-order chi connectivity index (χ1) is 12.5. The van der Waals surface area contributed by atoms with Crippen LogP contribution in [0.15, 0.2) is 48.5 Å². The summed E-state index contributed by atoms with van der Waals surface area (Å²) in [4.78, 5) is 34.0. The molecule has 0 aromatic heterocycles. The van der Waals surface area contributed by atoms with Crippen LogP contribution in [-0.4, -0.2) is 29.9 Å². The number of carbonyl (C=O) groups excluding carboxylic acids is 2. The molecule has 2 aromatic rings. The number of nitrogens with one attached hydrogen (secondary N) is 2. The third-order valence-electron chi connectivity index (χ3n) is 3.44. The van der Waals surface area contributed by atoms with E-state index in [0.717, 1.165) is 5.56 Å². The Morgan fingerprint density at radius 3 is 2.62 bits per heavy atom. The second-order valence-corrected chi connectivity index (χ2v) is 5.35. The van der Waals surface area contributed by atoms with Crippen molar-refractivity contribution in [3.05, 3.63) is 69.8 Å². The molecular formula is C18H19N3O5. The molecule has 8 heteroatoms. The monoisotopic (exact) mass is 357 g/mol. The molecule has 8 nitrogen and oxygen atoms in total. The Bertz CT molecular complexity index is 807. The highest BCUT2D eigenvalue weighted by Crippen LogP contribution is 2.25. The minimum Gasteiger partial charge on any atom is -0.477 e. The number of nitrogens with zero attached hydrogens (tertiary/aromatic N) is 1. The summed E-state index contributed by atoms with van der Waals surface area (Å²) in [7, 11) is 0. The fourth-order valence-corrected chi connectivity index (χ4v) is 2.21. The van der Waals surface area contributed by atoms with Crippen molar-refractivity contribution >= 4 is 17.5 Å². The molecular weight excluding hydrogens is 338 g/mol. The highest BCUT2D eigenvalue weighted by molar-refractivity contribution is 5.94. The zero-order valence-corrected chi connectivity index (χ0v) is 14.2. The summed E-state index contributed by atoms with van der Waals surface area (Å²) in [6.45, 7) is 2.23. The van der Waals surface area contributed by atoms with Gasteiger partial charge >= 0.3 is 5.69 Å². The zero-order chi connectivity index (χ0) is 18.9. The molecule has 0 aliphatic heterocycles. The number of hydrogen-bond acceptors (Lipinski definition) is 5. The number of benzene rings is 2. The normalized spacial score (nSPS) is 10.0. The highest BCUT2D eigenvalue weighted by atomic mass is 16.6. The van der Waals surface area contributed by atoms with Gasteiger partial charge in [0.15, 0.2) is 12.4 Å². The van der Waals surface area contributed by atoms with E-state index in [-0.39, 0.29) is 30.5 Å². The molecule has 0 aliphatic rings. The summed E-state index contributed by atoms with van der Waals surface area (Å²) in [5.41, 5.74) is 1.07. The van der Waals surface area contributed by atoms with Crippen LogP contribution in [0.1, 0.15) is 22.8 Å². The predicted octanol–water partition coefficient (Wildman–Crippen LogP) is 2.04. The maximum Gasteiger partial charge on any atom is 0.310 e. The summed E-state index contributed by atoms with van der Waals surface area (Å²) in [5.74, 6) is -0.571. The summed E-state index contributed by atoms with van der Waals surface area (Å²) < 4.78 is 5.22. The fourth-order valence-electron chi connectivity index (χ4n) is 2.21. The van der Waals surface area contributed by atoms with Crippen LogP contribution in [0.3, 0.4) is 0 Å². The average Bonchev–Trinajstić information content (AvgIpc) is 2.65. The Labute approximate surface area is 150 Å². The molecule has 0 aliphatic carbocycles. The number of rotatable bonds is 8. The molecule has 2 rings (SSSR count). The van der Waals surface area contributed by atoms with Gasteiger partial charge < -0.3 is 15.4 Å². The minimum absolute atomic E-state index is 0.0332. The molecule has 2 amide bonds. The number of ether oxygens (including phenoxy) is 1. The molecule has 2 N–H and O–H groups in total. The molecule has 0 fully saturated rings. The first kappa shape index (κ1) is 18.9. The summed E-state index contributed by atoms with van der Waals surface area (Å²) in [6, 6.07) is 12.7. The number of amides is 2. The lowest BCUT2D eigenvalue weighted by Crippen LogP contribution is -2.28. The van der Waals surface area contributed by atoms with Crippen molar-refractivity contribution in [2.45, 2.75) is 13.5 Å². The predicted molar refractivity (Wildman–Crippen MR) is 94.9 cm³/mol. The minimum atomic E-state index is -0.569. The van der Waals surface area contributed by atoms with Gasteiger partial charge in [0.05, 0.1) is 4.92 Å². The van der Waals surface area contributed by atoms with Gasteiger partial charge in [-0.25, -0.2) is 0 Å². The lowest BCUT2D eigenvalue weighted by atomic mass is 10.1. The van der Waals surface area contributed by atoms with Crippen LogP contribution in [0.25, 0.3) is 0 Å². The number of para-hydroxylation sites is 2. The Morgan fingerprint density at radius 1 is 1.12 bits per heavy atom. The van der Waals surface area contributed by atoms with E-state index in [0.29, 0.717) is 12.1 Å². The van der Waals surface area contributed by atoms with Crippen LogP contribution in [0.2, 0.25) is 0 Å². The molecule has 0 heterocycles. The van der Waals surface area contributed by atoms with Crippen molar-refractivity contribution in [3.63, 3.8) is 0 Å². The maximum atomic E-state index is 11.9. The lowest BCUT2D eigenvalue weighted by molar-refractivity contribution is -0.385. The number of nitro benzene ring substituents is 1. The topological polar surface area (TPSA) is 111 Å². The molecule has 0 bridgehead atoms. The van der Waals surface area contributed by atoms with Crippen LogP contribution < -0.4 is 15.4 Å². The van der Waals surface area contributed by atoms with E-state index < -0.39 is 10.8 Å². The second kappa shape index (κ2) is 9.16. The Hall–Kier alpha value is -3.42. The molecule has 0 spiro atoms. The van der Waals surface area contributed by atoms with Gasteiger partial charge in [-0.3, -0.25) is 19.7 Å². The summed E-state index contributed by atoms with van der Waals surface area (Å²) in [5, 5.41) is 16.3. The molecule has 0 atom stereocenters. The van der Waals surface area contributed by atoms with E-state index in [9.17, 15) is 19.7 Å². The van der Waals surface area contributed by atoms with Crippen LogP contribution in [-0.2, 0) is 11.3 Å². The van der Waals surface area contributed by atoms with Crippen molar-refractivity contribution in [2.24, 2.45) is 0 Å². The van der Waals surface area contributed by atoms with E-state index in [1.165, 1.54) is 18.2 Å². The van der Waals surface area contributed by atoms with Crippen molar-refractivity contribution in [3.8, 4) is 5.75 Å². The Kier molecular flexibility index (Phi) is 6.67. The van der Waals surface area contributed by atoms with Gasteiger partial charge in [0.25, 0.3) is 11.8 Å². The van der Waals surface area contributed by atoms with E-state index >= 15 is 0 Å². The van der Waals surface area contributed by atoms with Crippen LogP contribution >= 0.6 is 0 Å². The third-order valence-corrected chi connectivity index (χ3v) is 3.44. The standard InChI is InChI=1S/C18H19N3O5/c1-2-19-18(23)14-7-5-6-13(10-14)11-20-17(22)12-26-16-9-4-3-8-15(16)21(24)25/h3-10H,2,11-12H2,1H3,(H,19,23)(H,20,22). The highest BCUT2D eigenvalue weighted by Gasteiger charge is 2.14. The fraction of sp³-hybridized carbons (Fsp3) is 0.222. The van der Waals surface area contributed by atoms with Crippen molar-refractivity contribution in [1.82, 2.24) is 10.6 Å². The molecule has 136 valence electrons. The van der Waals surface area contributed by atoms with Crippen molar-refractivity contribution in [1.29, 1.82) is 0 Å². The maximum absolute atomic E-state index is 11.9. The van der Waals surface area contributed by atoms with E-state index in [1.54, 1.807) is 30.3 Å². The number of hydrogen-bond donors (Lipinski definition) is 2. The first-order valence-corrected chi connectivity index (χ1v) is 8.01. The van der Waals surface area contributed by atoms with E-state index in [2.05, 4.69) is 10.6 Å². The SMILES string of the molecule is CCNC(=O)c1cccc(CNC(=O)COc2ccccc2[N+](=O)[O-])c1. The molecule has 26 heavy (non-hydrogen) atoms. The van der Waals surface area contributed by atoms with E-state index in [1.807, 2.05) is 6.92 Å². The van der Waals surface area contributed by atoms with Crippen LogP contribution in [0, 0.1) is 10.1 Å². The van der Waals surface area contributed by atoms with Gasteiger partial charge in [0.2, 0.25) is 0 Å². The van der Waals surface area contributed by atoms with Gasteiger partial charge in [0, 0.05) is 24.7 Å². The van der Waals surface area contributed by atoms with E-state index in [4.69, 9.17) is 4.74 Å². The molecule has 0 saturated carbocycles. The Morgan fingerprint density at radius 2 is 1.88 bits per heavy atom. The smallest absolute Gasteiger partial charge is 0.310 e. The van der Waals surface area contributed by atoms with Crippen LogP contribution in [0.4, 0.5) is 5.69 Å². The van der Waals surface area contributed by atoms with Gasteiger partial charge in [0.1, 0.15) is 0 Å². The van der Waals surface area contributed by atoms with Gasteiger partial charge in [-0.15, -0.1) is 0 Å². The van der Waals surface area contributed by atoms with Crippen molar-refractivity contribution < 1.29 is 19.2 Å². The summed E-state index contributed by atoms with van der Waals surface area (Å²) in [6.07, 6.45) is 0. The second-order valence-electron chi connectivity index (χ2n) is 5.35. The van der Waals surface area contributed by atoms with Gasteiger partial charge in [-0.05, 0) is 30.7 Å². The number of carbonyl (C=O) groups is 2. The van der Waals surface area contributed by atoms with Crippen LogP contribution in [0.5, 0.6) is 5.75 Å². The number of nitro groups is 1. The third kappa shape index (κ3) is 5.30. The zero-order valence-electron chi connectivity index (χ0n) is 14.2. The quantitative estimate of drug-likeness (QED) is 0.555.